The van der Waals surface area contributed by atoms with Crippen molar-refractivity contribution in [3.8, 4) is 0 Å². The van der Waals surface area contributed by atoms with Crippen LogP contribution < -0.4 is 11.5 Å². The van der Waals surface area contributed by atoms with Gasteiger partial charge in [0.2, 0.25) is 0 Å². The normalized spacial score (nSPS) is 51.0. The topological polar surface area (TPSA) is 52.0 Å². The van der Waals surface area contributed by atoms with Gasteiger partial charge in [-0.2, -0.15) is 0 Å². The van der Waals surface area contributed by atoms with Gasteiger partial charge in [0.25, 0.3) is 0 Å². The number of rotatable bonds is 2. The van der Waals surface area contributed by atoms with E-state index >= 15 is 0 Å². The van der Waals surface area contributed by atoms with Crippen molar-refractivity contribution in [2.45, 2.75) is 69.9 Å². The summed E-state index contributed by atoms with van der Waals surface area (Å²) in [5, 5.41) is 0. The molecule has 4 bridgehead atoms. The summed E-state index contributed by atoms with van der Waals surface area (Å²) in [5.41, 5.74) is 13.5. The molecule has 0 spiro atoms. The highest BCUT2D eigenvalue weighted by atomic mass is 14.8. The molecule has 0 aromatic carbocycles. The minimum Gasteiger partial charge on any atom is -0.326 e. The average Bonchev–Trinajstić information content (AvgIpc) is 1.91. The molecule has 4 aliphatic carbocycles. The third-order valence-electron chi connectivity index (χ3n) is 5.06. The minimum absolute atomic E-state index is 0.0258. The fraction of sp³-hybridized carbons (Fsp3) is 1.00. The first kappa shape index (κ1) is 11.0. The van der Waals surface area contributed by atoms with Crippen LogP contribution in [0.2, 0.25) is 0 Å². The summed E-state index contributed by atoms with van der Waals surface area (Å²) in [4.78, 5) is 0. The highest BCUT2D eigenvalue weighted by molar-refractivity contribution is 5.11. The highest BCUT2D eigenvalue weighted by Gasteiger charge is 2.56. The van der Waals surface area contributed by atoms with Crippen LogP contribution in [0.1, 0.15) is 58.8 Å². The Bertz CT molecular complexity index is 284. The Morgan fingerprint density at radius 2 is 1.69 bits per heavy atom. The second kappa shape index (κ2) is 3.02. The Morgan fingerprint density at radius 1 is 1.12 bits per heavy atom. The summed E-state index contributed by atoms with van der Waals surface area (Å²) < 4.78 is 0. The van der Waals surface area contributed by atoms with E-state index in [0.29, 0.717) is 5.41 Å². The quantitative estimate of drug-likeness (QED) is 0.754. The van der Waals surface area contributed by atoms with E-state index in [9.17, 15) is 0 Å². The molecule has 0 saturated heterocycles. The first-order valence-corrected chi connectivity index (χ1v) is 6.86. The first-order valence-electron chi connectivity index (χ1n) is 6.86. The van der Waals surface area contributed by atoms with Gasteiger partial charge < -0.3 is 11.5 Å². The van der Waals surface area contributed by atoms with Crippen molar-refractivity contribution in [1.29, 1.82) is 0 Å². The molecular formula is C14H26N2. The fourth-order valence-corrected chi connectivity index (χ4v) is 5.70. The number of nitrogens with two attached hydrogens (primary N) is 2. The van der Waals surface area contributed by atoms with Crippen molar-refractivity contribution in [2.75, 3.05) is 0 Å². The maximum Gasteiger partial charge on any atom is 0.0165 e. The van der Waals surface area contributed by atoms with Crippen LogP contribution in [-0.2, 0) is 0 Å². The van der Waals surface area contributed by atoms with E-state index in [0.717, 1.165) is 11.8 Å². The molecule has 0 aromatic heterocycles. The van der Waals surface area contributed by atoms with Gasteiger partial charge in [-0.25, -0.2) is 0 Å². The lowest BCUT2D eigenvalue weighted by Gasteiger charge is -2.62. The fourth-order valence-electron chi connectivity index (χ4n) is 5.70. The minimum atomic E-state index is -0.0258. The third-order valence-corrected chi connectivity index (χ3v) is 5.06. The second-order valence-corrected chi connectivity index (χ2v) is 7.99. The number of hydrogen-bond donors (Lipinski definition) is 2. The van der Waals surface area contributed by atoms with Crippen molar-refractivity contribution in [3.05, 3.63) is 0 Å². The first-order chi connectivity index (χ1) is 7.28. The molecule has 2 nitrogen and oxygen atoms in total. The molecule has 4 fully saturated rings. The van der Waals surface area contributed by atoms with Gasteiger partial charge in [0, 0.05) is 11.1 Å². The molecule has 2 atom stereocenters. The van der Waals surface area contributed by atoms with Gasteiger partial charge in [0.1, 0.15) is 0 Å². The van der Waals surface area contributed by atoms with Gasteiger partial charge in [-0.1, -0.05) is 0 Å². The highest BCUT2D eigenvalue weighted by Crippen LogP contribution is 2.62. The molecule has 0 aromatic rings. The smallest absolute Gasteiger partial charge is 0.0165 e. The van der Waals surface area contributed by atoms with Crippen molar-refractivity contribution in [2.24, 2.45) is 28.7 Å². The van der Waals surface area contributed by atoms with E-state index < -0.39 is 0 Å². The van der Waals surface area contributed by atoms with E-state index in [1.54, 1.807) is 0 Å². The predicted molar refractivity (Wildman–Crippen MR) is 66.9 cm³/mol. The Balaban J connectivity index is 1.86. The van der Waals surface area contributed by atoms with Gasteiger partial charge in [0.15, 0.2) is 0 Å². The van der Waals surface area contributed by atoms with E-state index in [4.69, 9.17) is 11.5 Å². The zero-order valence-corrected chi connectivity index (χ0v) is 10.8. The van der Waals surface area contributed by atoms with Crippen LogP contribution in [0.25, 0.3) is 0 Å². The summed E-state index contributed by atoms with van der Waals surface area (Å²) >= 11 is 0. The summed E-state index contributed by atoms with van der Waals surface area (Å²) in [6.45, 7) is 4.35. The molecule has 4 N–H and O–H groups in total. The van der Waals surface area contributed by atoms with E-state index in [-0.39, 0.29) is 11.1 Å². The average molecular weight is 222 g/mol. The lowest BCUT2D eigenvalue weighted by molar-refractivity contribution is -0.0787. The molecule has 2 heteroatoms. The largest absolute Gasteiger partial charge is 0.326 e. The van der Waals surface area contributed by atoms with Crippen LogP contribution in [0.4, 0.5) is 0 Å². The Labute approximate surface area is 99.1 Å². The maximum atomic E-state index is 6.58. The zero-order chi connectivity index (χ0) is 11.6. The van der Waals surface area contributed by atoms with Gasteiger partial charge in [-0.15, -0.1) is 0 Å². The molecule has 92 valence electrons. The summed E-state index contributed by atoms with van der Waals surface area (Å²) in [7, 11) is 0. The summed E-state index contributed by atoms with van der Waals surface area (Å²) in [6.07, 6.45) is 9.25. The molecular weight excluding hydrogens is 196 g/mol. The van der Waals surface area contributed by atoms with Crippen molar-refractivity contribution in [1.82, 2.24) is 0 Å². The Hall–Kier alpha value is -0.0800. The number of hydrogen-bond acceptors (Lipinski definition) is 2. The molecule has 0 amide bonds. The van der Waals surface area contributed by atoms with E-state index in [1.807, 2.05) is 0 Å². The van der Waals surface area contributed by atoms with Gasteiger partial charge in [0.05, 0.1) is 0 Å². The zero-order valence-electron chi connectivity index (χ0n) is 10.8. The van der Waals surface area contributed by atoms with Crippen LogP contribution in [0.5, 0.6) is 0 Å². The SMILES string of the molecule is CC(C)(N)CC12CC3CC(CC(N)(C3)C1)C2. The van der Waals surface area contributed by atoms with E-state index in [1.165, 1.54) is 44.9 Å². The lowest BCUT2D eigenvalue weighted by atomic mass is 9.45. The van der Waals surface area contributed by atoms with Crippen LogP contribution in [0.3, 0.4) is 0 Å². The molecule has 4 rings (SSSR count). The Kier molecular flexibility index (Phi) is 2.09. The molecule has 4 saturated carbocycles. The van der Waals surface area contributed by atoms with E-state index in [2.05, 4.69) is 13.8 Å². The van der Waals surface area contributed by atoms with Crippen molar-refractivity contribution in [3.63, 3.8) is 0 Å². The lowest BCUT2D eigenvalue weighted by Crippen LogP contribution is -2.61. The summed E-state index contributed by atoms with van der Waals surface area (Å²) in [6, 6.07) is 0. The van der Waals surface area contributed by atoms with Gasteiger partial charge in [-0.05, 0) is 76.0 Å². The molecule has 2 unspecified atom stereocenters. The van der Waals surface area contributed by atoms with Crippen molar-refractivity contribution >= 4 is 0 Å². The van der Waals surface area contributed by atoms with Crippen LogP contribution in [-0.4, -0.2) is 11.1 Å². The molecule has 0 radical (unpaired) electrons. The van der Waals surface area contributed by atoms with Crippen molar-refractivity contribution < 1.29 is 0 Å². The standard InChI is InChI=1S/C14H26N2/c1-12(2,15)8-13-4-10-3-11(5-13)7-14(16,6-10)9-13/h10-11H,3-9,15-16H2,1-2H3. The molecule has 4 aliphatic rings. The monoisotopic (exact) mass is 222 g/mol. The molecule has 0 heterocycles. The van der Waals surface area contributed by atoms with Gasteiger partial charge >= 0.3 is 0 Å². The molecule has 0 aliphatic heterocycles. The maximum absolute atomic E-state index is 6.58. The Morgan fingerprint density at radius 3 is 2.12 bits per heavy atom. The van der Waals surface area contributed by atoms with Crippen LogP contribution in [0, 0.1) is 17.3 Å². The predicted octanol–water partition coefficient (Wildman–Crippen LogP) is 2.41. The van der Waals surface area contributed by atoms with Crippen LogP contribution in [0.15, 0.2) is 0 Å². The third kappa shape index (κ3) is 1.80. The molecule has 16 heavy (non-hydrogen) atoms. The van der Waals surface area contributed by atoms with Crippen LogP contribution >= 0.6 is 0 Å². The van der Waals surface area contributed by atoms with Gasteiger partial charge in [-0.3, -0.25) is 0 Å². The summed E-state index contributed by atoms with van der Waals surface area (Å²) in [5.74, 6) is 1.82. The second-order valence-electron chi connectivity index (χ2n) is 7.99.